The van der Waals surface area contributed by atoms with Gasteiger partial charge in [-0.05, 0) is 57.7 Å². The van der Waals surface area contributed by atoms with Crippen molar-refractivity contribution in [2.24, 2.45) is 5.92 Å². The standard InChI is InChI=1S/C19H30N4O2/c1-14-12-22(4)10-9-17(14)23(5)19(25)18(24)20-16-8-6-7-15(11-16)13-21(2)3/h6-8,11,14,17H,9-10,12-13H2,1-5H3,(H,20,24). The van der Waals surface area contributed by atoms with E-state index >= 15 is 0 Å². The lowest BCUT2D eigenvalue weighted by Crippen LogP contribution is -2.52. The molecule has 1 heterocycles. The number of nitrogens with one attached hydrogen (secondary N) is 1. The van der Waals surface area contributed by atoms with Crippen LogP contribution < -0.4 is 5.32 Å². The summed E-state index contributed by atoms with van der Waals surface area (Å²) in [6.07, 6.45) is 0.894. The highest BCUT2D eigenvalue weighted by Gasteiger charge is 2.32. The normalized spacial score (nSPS) is 21.2. The van der Waals surface area contributed by atoms with Crippen molar-refractivity contribution in [1.29, 1.82) is 0 Å². The summed E-state index contributed by atoms with van der Waals surface area (Å²) < 4.78 is 0. The number of hydrogen-bond acceptors (Lipinski definition) is 4. The topological polar surface area (TPSA) is 55.9 Å². The maximum absolute atomic E-state index is 12.5. The first kappa shape index (κ1) is 19.4. The molecule has 6 nitrogen and oxygen atoms in total. The monoisotopic (exact) mass is 346 g/mol. The summed E-state index contributed by atoms with van der Waals surface area (Å²) in [5.41, 5.74) is 1.75. The molecule has 0 saturated carbocycles. The molecule has 0 aromatic heterocycles. The molecule has 1 aliphatic rings. The van der Waals surface area contributed by atoms with Crippen molar-refractivity contribution in [2.75, 3.05) is 46.6 Å². The smallest absolute Gasteiger partial charge is 0.313 e. The van der Waals surface area contributed by atoms with Gasteiger partial charge in [-0.1, -0.05) is 19.1 Å². The van der Waals surface area contributed by atoms with Crippen LogP contribution in [0, 0.1) is 5.92 Å². The van der Waals surface area contributed by atoms with Gasteiger partial charge in [0.1, 0.15) is 0 Å². The molecule has 2 atom stereocenters. The first-order valence-electron chi connectivity index (χ1n) is 8.78. The van der Waals surface area contributed by atoms with E-state index in [1.807, 2.05) is 38.4 Å². The van der Waals surface area contributed by atoms with E-state index in [9.17, 15) is 9.59 Å². The SMILES string of the molecule is CC1CN(C)CCC1N(C)C(=O)C(=O)Nc1cccc(CN(C)C)c1. The highest BCUT2D eigenvalue weighted by molar-refractivity contribution is 6.39. The number of carbonyl (C=O) groups is 2. The van der Waals surface area contributed by atoms with Gasteiger partial charge in [-0.15, -0.1) is 0 Å². The van der Waals surface area contributed by atoms with E-state index in [1.165, 1.54) is 0 Å². The molecule has 1 fully saturated rings. The third kappa shape index (κ3) is 5.28. The van der Waals surface area contributed by atoms with Gasteiger partial charge in [-0.2, -0.15) is 0 Å². The van der Waals surface area contributed by atoms with Gasteiger partial charge < -0.3 is 20.0 Å². The number of amides is 2. The zero-order valence-electron chi connectivity index (χ0n) is 16.0. The number of likely N-dealkylation sites (N-methyl/N-ethyl adjacent to an activating group) is 1. The Labute approximate surface area is 150 Å². The molecule has 25 heavy (non-hydrogen) atoms. The van der Waals surface area contributed by atoms with Crippen molar-refractivity contribution in [3.63, 3.8) is 0 Å². The number of rotatable bonds is 4. The maximum Gasteiger partial charge on any atom is 0.313 e. The van der Waals surface area contributed by atoms with Crippen molar-refractivity contribution in [3.8, 4) is 0 Å². The van der Waals surface area contributed by atoms with Gasteiger partial charge >= 0.3 is 11.8 Å². The highest BCUT2D eigenvalue weighted by Crippen LogP contribution is 2.20. The predicted molar refractivity (Wildman–Crippen MR) is 100 cm³/mol. The van der Waals surface area contributed by atoms with Crippen LogP contribution >= 0.6 is 0 Å². The van der Waals surface area contributed by atoms with Gasteiger partial charge in [0.15, 0.2) is 0 Å². The van der Waals surface area contributed by atoms with Crippen molar-refractivity contribution >= 4 is 17.5 Å². The molecule has 1 aliphatic heterocycles. The van der Waals surface area contributed by atoms with Gasteiger partial charge in [0, 0.05) is 31.9 Å². The first-order chi connectivity index (χ1) is 11.8. The summed E-state index contributed by atoms with van der Waals surface area (Å²) in [5.74, 6) is -0.695. The summed E-state index contributed by atoms with van der Waals surface area (Å²) in [6, 6.07) is 7.71. The highest BCUT2D eigenvalue weighted by atomic mass is 16.2. The third-order valence-corrected chi connectivity index (χ3v) is 4.76. The van der Waals surface area contributed by atoms with Gasteiger partial charge in [-0.3, -0.25) is 9.59 Å². The Hall–Kier alpha value is -1.92. The number of hydrogen-bond donors (Lipinski definition) is 1. The van der Waals surface area contributed by atoms with Crippen LogP contribution in [-0.2, 0) is 16.1 Å². The lowest BCUT2D eigenvalue weighted by atomic mass is 9.93. The lowest BCUT2D eigenvalue weighted by Gasteiger charge is -2.39. The minimum atomic E-state index is -0.573. The number of carbonyl (C=O) groups excluding carboxylic acids is 2. The van der Waals surface area contributed by atoms with Gasteiger partial charge in [0.05, 0.1) is 0 Å². The van der Waals surface area contributed by atoms with E-state index in [4.69, 9.17) is 0 Å². The Kier molecular flexibility index (Phi) is 6.56. The maximum atomic E-state index is 12.5. The van der Waals surface area contributed by atoms with E-state index in [0.29, 0.717) is 11.6 Å². The average molecular weight is 346 g/mol. The number of anilines is 1. The molecule has 2 amide bonds. The van der Waals surface area contributed by atoms with Crippen molar-refractivity contribution in [1.82, 2.24) is 14.7 Å². The third-order valence-electron chi connectivity index (χ3n) is 4.76. The largest absolute Gasteiger partial charge is 0.334 e. The van der Waals surface area contributed by atoms with Crippen LogP contribution in [0.15, 0.2) is 24.3 Å². The molecular weight excluding hydrogens is 316 g/mol. The second-order valence-electron chi connectivity index (χ2n) is 7.40. The van der Waals surface area contributed by atoms with Crippen LogP contribution in [-0.4, -0.2) is 73.8 Å². The van der Waals surface area contributed by atoms with E-state index in [0.717, 1.165) is 31.6 Å². The predicted octanol–water partition coefficient (Wildman–Crippen LogP) is 1.49. The van der Waals surface area contributed by atoms with Crippen LogP contribution in [0.25, 0.3) is 0 Å². The molecule has 0 radical (unpaired) electrons. The summed E-state index contributed by atoms with van der Waals surface area (Å²) in [4.78, 5) is 30.8. The molecule has 6 heteroatoms. The molecule has 1 saturated heterocycles. The van der Waals surface area contributed by atoms with Crippen LogP contribution in [0.2, 0.25) is 0 Å². The number of nitrogens with zero attached hydrogens (tertiary/aromatic N) is 3. The Morgan fingerprint density at radius 2 is 2.00 bits per heavy atom. The van der Waals surface area contributed by atoms with E-state index in [-0.39, 0.29) is 6.04 Å². The van der Waals surface area contributed by atoms with Crippen LogP contribution in [0.3, 0.4) is 0 Å². The average Bonchev–Trinajstić information content (AvgIpc) is 2.53. The Morgan fingerprint density at radius 3 is 2.64 bits per heavy atom. The summed E-state index contributed by atoms with van der Waals surface area (Å²) >= 11 is 0. The van der Waals surface area contributed by atoms with Crippen molar-refractivity contribution < 1.29 is 9.59 Å². The van der Waals surface area contributed by atoms with E-state index in [1.54, 1.807) is 11.9 Å². The summed E-state index contributed by atoms with van der Waals surface area (Å²) in [7, 11) is 7.80. The minimum Gasteiger partial charge on any atom is -0.334 e. The van der Waals surface area contributed by atoms with Gasteiger partial charge in [-0.25, -0.2) is 0 Å². The van der Waals surface area contributed by atoms with Crippen molar-refractivity contribution in [2.45, 2.75) is 25.9 Å². The van der Waals surface area contributed by atoms with Crippen LogP contribution in [0.4, 0.5) is 5.69 Å². The summed E-state index contributed by atoms with van der Waals surface area (Å²) in [5, 5.41) is 2.74. The molecule has 0 aliphatic carbocycles. The second-order valence-corrected chi connectivity index (χ2v) is 7.40. The quantitative estimate of drug-likeness (QED) is 0.839. The zero-order valence-corrected chi connectivity index (χ0v) is 16.0. The fourth-order valence-electron chi connectivity index (χ4n) is 3.53. The van der Waals surface area contributed by atoms with Crippen molar-refractivity contribution in [3.05, 3.63) is 29.8 Å². The van der Waals surface area contributed by atoms with Crippen LogP contribution in [0.1, 0.15) is 18.9 Å². The molecule has 0 spiro atoms. The fraction of sp³-hybridized carbons (Fsp3) is 0.579. The fourth-order valence-corrected chi connectivity index (χ4v) is 3.53. The molecule has 1 aromatic carbocycles. The Balaban J connectivity index is 1.99. The molecule has 2 unspecified atom stereocenters. The van der Waals surface area contributed by atoms with Gasteiger partial charge in [0.2, 0.25) is 0 Å². The number of piperidine rings is 1. The van der Waals surface area contributed by atoms with E-state index < -0.39 is 11.8 Å². The molecule has 138 valence electrons. The van der Waals surface area contributed by atoms with Crippen LogP contribution in [0.5, 0.6) is 0 Å². The second kappa shape index (κ2) is 8.45. The Morgan fingerprint density at radius 1 is 1.28 bits per heavy atom. The molecular formula is C19H30N4O2. The lowest BCUT2D eigenvalue weighted by molar-refractivity contribution is -0.145. The molecule has 1 N–H and O–H groups in total. The van der Waals surface area contributed by atoms with Gasteiger partial charge in [0.25, 0.3) is 0 Å². The summed E-state index contributed by atoms with van der Waals surface area (Å²) in [6.45, 7) is 4.80. The number of likely N-dealkylation sites (tertiary alicyclic amines) is 1. The molecule has 2 rings (SSSR count). The number of benzene rings is 1. The van der Waals surface area contributed by atoms with E-state index in [2.05, 4.69) is 29.1 Å². The zero-order chi connectivity index (χ0) is 18.6. The first-order valence-corrected chi connectivity index (χ1v) is 8.78. The Bertz CT molecular complexity index is 617. The minimum absolute atomic E-state index is 0.106. The molecule has 1 aromatic rings. The molecule has 0 bridgehead atoms.